The molecule has 3 unspecified atom stereocenters. The lowest BCUT2D eigenvalue weighted by molar-refractivity contribution is -0.127. The highest BCUT2D eigenvalue weighted by Crippen LogP contribution is 2.40. The number of benzene rings is 1. The summed E-state index contributed by atoms with van der Waals surface area (Å²) in [6.07, 6.45) is 8.25. The minimum atomic E-state index is -0.0402. The number of aromatic hydroxyl groups is 1. The van der Waals surface area contributed by atoms with E-state index in [-0.39, 0.29) is 23.1 Å². The topological polar surface area (TPSA) is 81.7 Å². The van der Waals surface area contributed by atoms with E-state index in [2.05, 4.69) is 35.4 Å². The number of hydrogen-bond acceptors (Lipinski definition) is 4. The predicted octanol–water partition coefficient (Wildman–Crippen LogP) is 3.83. The molecule has 184 valence electrons. The van der Waals surface area contributed by atoms with Crippen LogP contribution in [0.2, 0.25) is 0 Å². The lowest BCUT2D eigenvalue weighted by Crippen LogP contribution is -2.48. The van der Waals surface area contributed by atoms with Crippen LogP contribution in [0, 0.1) is 17.8 Å². The SMILES string of the molecule is CNC(=O)CCNC(=O)C(CCN1CCC(C)(c2cccc(O)c2)C(C)C1)C1CCCCC1. The van der Waals surface area contributed by atoms with Gasteiger partial charge in [-0.3, -0.25) is 9.59 Å². The van der Waals surface area contributed by atoms with E-state index in [1.54, 1.807) is 13.1 Å². The Balaban J connectivity index is 1.57. The summed E-state index contributed by atoms with van der Waals surface area (Å²) < 4.78 is 0. The number of likely N-dealkylation sites (tertiary alicyclic amines) is 1. The smallest absolute Gasteiger partial charge is 0.223 e. The standard InChI is InChI=1S/C27H43N3O3/c1-20-19-30(17-14-27(20,2)22-10-7-11-23(31)18-22)16-13-24(21-8-5-4-6-9-21)26(33)29-15-12-25(32)28-3/h7,10-11,18,20-21,24,31H,4-6,8-9,12-17,19H2,1-3H3,(H,28,32)(H,29,33). The van der Waals surface area contributed by atoms with Gasteiger partial charge in [-0.05, 0) is 73.7 Å². The minimum absolute atomic E-state index is 0.0321. The molecule has 1 aliphatic heterocycles. The number of phenols is 1. The van der Waals surface area contributed by atoms with Gasteiger partial charge in [0.05, 0.1) is 0 Å². The predicted molar refractivity (Wildman–Crippen MR) is 132 cm³/mol. The molecule has 0 aromatic heterocycles. The van der Waals surface area contributed by atoms with Crippen LogP contribution in [-0.2, 0) is 15.0 Å². The van der Waals surface area contributed by atoms with Crippen LogP contribution in [0.4, 0.5) is 0 Å². The van der Waals surface area contributed by atoms with Crippen molar-refractivity contribution in [3.63, 3.8) is 0 Å². The van der Waals surface area contributed by atoms with Gasteiger partial charge in [-0.15, -0.1) is 0 Å². The Bertz CT molecular complexity index is 793. The van der Waals surface area contributed by atoms with Crippen molar-refractivity contribution in [1.29, 1.82) is 0 Å². The van der Waals surface area contributed by atoms with E-state index in [4.69, 9.17) is 0 Å². The normalized spacial score (nSPS) is 25.4. The lowest BCUT2D eigenvalue weighted by atomic mass is 9.68. The van der Waals surface area contributed by atoms with Gasteiger partial charge in [-0.1, -0.05) is 45.2 Å². The van der Waals surface area contributed by atoms with Gasteiger partial charge in [-0.25, -0.2) is 0 Å². The zero-order chi connectivity index (χ0) is 23.8. The van der Waals surface area contributed by atoms with Crippen LogP contribution >= 0.6 is 0 Å². The van der Waals surface area contributed by atoms with Crippen molar-refractivity contribution in [2.75, 3.05) is 33.2 Å². The van der Waals surface area contributed by atoms with Gasteiger partial charge in [0.15, 0.2) is 0 Å². The van der Waals surface area contributed by atoms with Crippen molar-refractivity contribution in [3.8, 4) is 5.75 Å². The first-order chi connectivity index (χ1) is 15.8. The second kappa shape index (κ2) is 11.9. The zero-order valence-corrected chi connectivity index (χ0v) is 20.7. The van der Waals surface area contributed by atoms with E-state index in [1.165, 1.54) is 24.8 Å². The molecule has 2 fully saturated rings. The summed E-state index contributed by atoms with van der Waals surface area (Å²) >= 11 is 0. The highest BCUT2D eigenvalue weighted by Gasteiger charge is 2.38. The molecule has 3 rings (SSSR count). The Hall–Kier alpha value is -2.08. The highest BCUT2D eigenvalue weighted by molar-refractivity contribution is 5.80. The quantitative estimate of drug-likeness (QED) is 0.526. The summed E-state index contributed by atoms with van der Waals surface area (Å²) in [7, 11) is 1.63. The maximum atomic E-state index is 13.1. The average molecular weight is 458 g/mol. The minimum Gasteiger partial charge on any atom is -0.508 e. The fourth-order valence-electron chi connectivity index (χ4n) is 5.80. The molecule has 6 nitrogen and oxygen atoms in total. The first-order valence-electron chi connectivity index (χ1n) is 12.8. The number of amides is 2. The highest BCUT2D eigenvalue weighted by atomic mass is 16.3. The van der Waals surface area contributed by atoms with Crippen LogP contribution in [0.3, 0.4) is 0 Å². The largest absolute Gasteiger partial charge is 0.508 e. The molecule has 1 saturated carbocycles. The number of phenolic OH excluding ortho intramolecular Hbond substituents is 1. The van der Waals surface area contributed by atoms with Gasteiger partial charge in [-0.2, -0.15) is 0 Å². The monoisotopic (exact) mass is 457 g/mol. The number of rotatable bonds is 9. The molecule has 0 radical (unpaired) electrons. The van der Waals surface area contributed by atoms with E-state index in [0.717, 1.165) is 45.3 Å². The average Bonchev–Trinajstić information content (AvgIpc) is 2.82. The van der Waals surface area contributed by atoms with E-state index in [0.29, 0.717) is 30.6 Å². The molecule has 2 aliphatic rings. The Morgan fingerprint density at radius 3 is 2.67 bits per heavy atom. The molecule has 1 aromatic rings. The molecular weight excluding hydrogens is 414 g/mol. The number of hydrogen-bond donors (Lipinski definition) is 3. The molecular formula is C27H43N3O3. The van der Waals surface area contributed by atoms with Gasteiger partial charge < -0.3 is 20.6 Å². The summed E-state index contributed by atoms with van der Waals surface area (Å²) in [6.45, 7) is 7.97. The molecule has 0 spiro atoms. The molecule has 0 bridgehead atoms. The first kappa shape index (κ1) is 25.5. The fraction of sp³-hybridized carbons (Fsp3) is 0.704. The lowest BCUT2D eigenvalue weighted by Gasteiger charge is -2.45. The zero-order valence-electron chi connectivity index (χ0n) is 20.7. The Labute approximate surface area is 199 Å². The van der Waals surface area contributed by atoms with Crippen molar-refractivity contribution in [1.82, 2.24) is 15.5 Å². The Morgan fingerprint density at radius 1 is 1.24 bits per heavy atom. The summed E-state index contributed by atoms with van der Waals surface area (Å²) in [5.41, 5.74) is 1.26. The van der Waals surface area contributed by atoms with Crippen LogP contribution in [0.25, 0.3) is 0 Å². The third kappa shape index (κ3) is 6.72. The summed E-state index contributed by atoms with van der Waals surface area (Å²) in [5.74, 6) is 1.37. The second-order valence-electron chi connectivity index (χ2n) is 10.4. The number of carbonyl (C=O) groups excluding carboxylic acids is 2. The van der Waals surface area contributed by atoms with Gasteiger partial charge in [0, 0.05) is 32.5 Å². The molecule has 1 aromatic carbocycles. The van der Waals surface area contributed by atoms with Gasteiger partial charge in [0.1, 0.15) is 5.75 Å². The molecule has 2 amide bonds. The van der Waals surface area contributed by atoms with Crippen molar-refractivity contribution < 1.29 is 14.7 Å². The van der Waals surface area contributed by atoms with Crippen molar-refractivity contribution in [3.05, 3.63) is 29.8 Å². The summed E-state index contributed by atoms with van der Waals surface area (Å²) in [6, 6.07) is 7.72. The van der Waals surface area contributed by atoms with Crippen LogP contribution in [0.1, 0.15) is 70.8 Å². The summed E-state index contributed by atoms with van der Waals surface area (Å²) in [5, 5.41) is 15.6. The van der Waals surface area contributed by atoms with Gasteiger partial charge >= 0.3 is 0 Å². The molecule has 1 aliphatic carbocycles. The van der Waals surface area contributed by atoms with E-state index in [1.807, 2.05) is 12.1 Å². The first-order valence-corrected chi connectivity index (χ1v) is 12.8. The van der Waals surface area contributed by atoms with E-state index >= 15 is 0 Å². The van der Waals surface area contributed by atoms with Crippen molar-refractivity contribution >= 4 is 11.8 Å². The number of piperidine rings is 1. The van der Waals surface area contributed by atoms with E-state index in [9.17, 15) is 14.7 Å². The number of nitrogens with one attached hydrogen (secondary N) is 2. The Morgan fingerprint density at radius 2 is 2.00 bits per heavy atom. The molecule has 1 heterocycles. The number of carbonyl (C=O) groups is 2. The van der Waals surface area contributed by atoms with Crippen molar-refractivity contribution in [2.45, 2.75) is 70.6 Å². The van der Waals surface area contributed by atoms with Crippen molar-refractivity contribution in [2.24, 2.45) is 17.8 Å². The van der Waals surface area contributed by atoms with Gasteiger partial charge in [0.25, 0.3) is 0 Å². The maximum absolute atomic E-state index is 13.1. The molecule has 33 heavy (non-hydrogen) atoms. The van der Waals surface area contributed by atoms with Crippen LogP contribution in [0.5, 0.6) is 5.75 Å². The third-order valence-corrected chi connectivity index (χ3v) is 8.31. The van der Waals surface area contributed by atoms with E-state index < -0.39 is 0 Å². The second-order valence-corrected chi connectivity index (χ2v) is 10.4. The summed E-state index contributed by atoms with van der Waals surface area (Å²) in [4.78, 5) is 27.1. The molecule has 3 N–H and O–H groups in total. The Kier molecular flexibility index (Phi) is 9.19. The van der Waals surface area contributed by atoms with Crippen LogP contribution in [0.15, 0.2) is 24.3 Å². The molecule has 6 heteroatoms. The number of nitrogens with zero attached hydrogens (tertiary/aromatic N) is 1. The molecule has 3 atom stereocenters. The van der Waals surface area contributed by atoms with Crippen LogP contribution < -0.4 is 10.6 Å². The van der Waals surface area contributed by atoms with Crippen LogP contribution in [-0.4, -0.2) is 55.0 Å². The van der Waals surface area contributed by atoms with Gasteiger partial charge in [0.2, 0.25) is 11.8 Å². The third-order valence-electron chi connectivity index (χ3n) is 8.31. The fourth-order valence-corrected chi connectivity index (χ4v) is 5.80. The maximum Gasteiger partial charge on any atom is 0.223 e. The molecule has 1 saturated heterocycles.